The smallest absolute Gasteiger partial charge is 0.112 e. The first-order chi connectivity index (χ1) is 5.13. The molecule has 0 aliphatic rings. The van der Waals surface area contributed by atoms with E-state index in [-0.39, 0.29) is 5.38 Å². The molecule has 0 aliphatic carbocycles. The SMILES string of the molecule is CC(Cl)C(C)c1nccn1C. The standard InChI is InChI=1S/C8H13ClN2/c1-6(7(2)9)8-10-4-5-11(8)3/h4-7H,1-3H3. The van der Waals surface area contributed by atoms with Gasteiger partial charge in [0.05, 0.1) is 0 Å². The second kappa shape index (κ2) is 3.26. The summed E-state index contributed by atoms with van der Waals surface area (Å²) in [5.41, 5.74) is 0. The van der Waals surface area contributed by atoms with Crippen molar-refractivity contribution in [3.63, 3.8) is 0 Å². The monoisotopic (exact) mass is 172 g/mol. The first-order valence-electron chi connectivity index (χ1n) is 3.74. The zero-order chi connectivity index (χ0) is 8.43. The summed E-state index contributed by atoms with van der Waals surface area (Å²) in [7, 11) is 1.98. The van der Waals surface area contributed by atoms with Gasteiger partial charge in [0, 0.05) is 30.7 Å². The molecule has 0 saturated carbocycles. The predicted molar refractivity (Wildman–Crippen MR) is 46.9 cm³/mol. The van der Waals surface area contributed by atoms with Crippen LogP contribution in [0.5, 0.6) is 0 Å². The van der Waals surface area contributed by atoms with Gasteiger partial charge >= 0.3 is 0 Å². The largest absolute Gasteiger partial charge is 0.338 e. The molecule has 0 radical (unpaired) electrons. The fourth-order valence-electron chi connectivity index (χ4n) is 1.02. The molecule has 0 aromatic carbocycles. The van der Waals surface area contributed by atoms with Gasteiger partial charge in [-0.05, 0) is 6.92 Å². The molecule has 0 saturated heterocycles. The minimum atomic E-state index is 0.135. The average Bonchev–Trinajstić information content (AvgIpc) is 2.33. The molecule has 2 nitrogen and oxygen atoms in total. The molecule has 1 heterocycles. The van der Waals surface area contributed by atoms with Gasteiger partial charge in [-0.3, -0.25) is 0 Å². The number of halogens is 1. The molecule has 0 amide bonds. The maximum Gasteiger partial charge on any atom is 0.112 e. The maximum atomic E-state index is 5.94. The van der Waals surface area contributed by atoms with Crippen LogP contribution in [-0.2, 0) is 7.05 Å². The minimum absolute atomic E-state index is 0.135. The number of aryl methyl sites for hydroxylation is 1. The van der Waals surface area contributed by atoms with Gasteiger partial charge < -0.3 is 4.57 Å². The average molecular weight is 173 g/mol. The van der Waals surface area contributed by atoms with Crippen LogP contribution in [0, 0.1) is 0 Å². The third-order valence-electron chi connectivity index (χ3n) is 1.95. The van der Waals surface area contributed by atoms with Crippen LogP contribution in [0.2, 0.25) is 0 Å². The zero-order valence-corrected chi connectivity index (χ0v) is 7.84. The molecular formula is C8H13ClN2. The van der Waals surface area contributed by atoms with Gasteiger partial charge in [0.2, 0.25) is 0 Å². The zero-order valence-electron chi connectivity index (χ0n) is 7.08. The highest BCUT2D eigenvalue weighted by Crippen LogP contribution is 2.20. The predicted octanol–water partition coefficient (Wildman–Crippen LogP) is 2.15. The summed E-state index contributed by atoms with van der Waals surface area (Å²) < 4.78 is 2.00. The Labute approximate surface area is 72.2 Å². The minimum Gasteiger partial charge on any atom is -0.338 e. The van der Waals surface area contributed by atoms with Crippen LogP contribution < -0.4 is 0 Å². The Morgan fingerprint density at radius 1 is 1.55 bits per heavy atom. The summed E-state index contributed by atoms with van der Waals surface area (Å²) in [6.07, 6.45) is 3.73. The van der Waals surface area contributed by atoms with Gasteiger partial charge in [-0.2, -0.15) is 0 Å². The van der Waals surface area contributed by atoms with Crippen LogP contribution in [0.15, 0.2) is 12.4 Å². The molecule has 0 spiro atoms. The number of imidazole rings is 1. The molecule has 1 aromatic rings. The topological polar surface area (TPSA) is 17.8 Å². The van der Waals surface area contributed by atoms with Crippen LogP contribution in [0.4, 0.5) is 0 Å². The van der Waals surface area contributed by atoms with Crippen LogP contribution in [0.25, 0.3) is 0 Å². The van der Waals surface area contributed by atoms with Crippen molar-refractivity contribution >= 4 is 11.6 Å². The summed E-state index contributed by atoms with van der Waals surface area (Å²) in [6, 6.07) is 0. The molecule has 2 unspecified atom stereocenters. The van der Waals surface area contributed by atoms with Crippen LogP contribution in [0.1, 0.15) is 25.6 Å². The fourth-order valence-corrected chi connectivity index (χ4v) is 1.13. The normalized spacial score (nSPS) is 16.4. The lowest BCUT2D eigenvalue weighted by Crippen LogP contribution is -2.10. The molecule has 3 heteroatoms. The van der Waals surface area contributed by atoms with Crippen molar-refractivity contribution in [2.45, 2.75) is 25.1 Å². The van der Waals surface area contributed by atoms with Gasteiger partial charge in [-0.1, -0.05) is 6.92 Å². The lowest BCUT2D eigenvalue weighted by atomic mass is 10.1. The van der Waals surface area contributed by atoms with Gasteiger partial charge in [-0.15, -0.1) is 11.6 Å². The number of aromatic nitrogens is 2. The quantitative estimate of drug-likeness (QED) is 0.626. The maximum absolute atomic E-state index is 5.94. The summed E-state index contributed by atoms with van der Waals surface area (Å²) in [6.45, 7) is 4.07. The Balaban J connectivity index is 2.84. The van der Waals surface area contributed by atoms with E-state index in [0.29, 0.717) is 5.92 Å². The van der Waals surface area contributed by atoms with E-state index in [1.54, 1.807) is 6.20 Å². The first-order valence-corrected chi connectivity index (χ1v) is 4.18. The summed E-state index contributed by atoms with van der Waals surface area (Å²) in [4.78, 5) is 4.22. The van der Waals surface area contributed by atoms with E-state index in [4.69, 9.17) is 11.6 Å². The van der Waals surface area contributed by atoms with Gasteiger partial charge in [0.25, 0.3) is 0 Å². The highest BCUT2D eigenvalue weighted by Gasteiger charge is 2.14. The lowest BCUT2D eigenvalue weighted by molar-refractivity contribution is 0.648. The first kappa shape index (κ1) is 8.60. The lowest BCUT2D eigenvalue weighted by Gasteiger charge is -2.12. The summed E-state index contributed by atoms with van der Waals surface area (Å²) >= 11 is 5.94. The fraction of sp³-hybridized carbons (Fsp3) is 0.625. The van der Waals surface area contributed by atoms with E-state index in [1.165, 1.54) is 0 Å². The van der Waals surface area contributed by atoms with Crippen molar-refractivity contribution in [1.82, 2.24) is 9.55 Å². The van der Waals surface area contributed by atoms with E-state index >= 15 is 0 Å². The number of rotatable bonds is 2. The van der Waals surface area contributed by atoms with Crippen molar-refractivity contribution in [2.24, 2.45) is 7.05 Å². The molecule has 0 bridgehead atoms. The third kappa shape index (κ3) is 1.74. The van der Waals surface area contributed by atoms with Crippen molar-refractivity contribution in [3.05, 3.63) is 18.2 Å². The molecule has 1 rings (SSSR count). The molecule has 2 atom stereocenters. The third-order valence-corrected chi connectivity index (χ3v) is 2.33. The van der Waals surface area contributed by atoms with E-state index in [0.717, 1.165) is 5.82 Å². The van der Waals surface area contributed by atoms with Gasteiger partial charge in [0.15, 0.2) is 0 Å². The van der Waals surface area contributed by atoms with Crippen molar-refractivity contribution in [2.75, 3.05) is 0 Å². The van der Waals surface area contributed by atoms with E-state index in [2.05, 4.69) is 11.9 Å². The number of nitrogens with zero attached hydrogens (tertiary/aromatic N) is 2. The summed E-state index contributed by atoms with van der Waals surface area (Å²) in [5, 5.41) is 0.135. The molecule has 0 N–H and O–H groups in total. The Morgan fingerprint density at radius 3 is 2.55 bits per heavy atom. The molecule has 1 aromatic heterocycles. The Kier molecular flexibility index (Phi) is 2.55. The Bertz CT molecular complexity index is 230. The molecule has 0 aliphatic heterocycles. The second-order valence-electron chi connectivity index (χ2n) is 2.86. The molecule has 0 fully saturated rings. The van der Waals surface area contributed by atoms with E-state index < -0.39 is 0 Å². The van der Waals surface area contributed by atoms with Crippen LogP contribution >= 0.6 is 11.6 Å². The van der Waals surface area contributed by atoms with Crippen LogP contribution in [0.3, 0.4) is 0 Å². The van der Waals surface area contributed by atoms with Crippen LogP contribution in [-0.4, -0.2) is 14.9 Å². The van der Waals surface area contributed by atoms with Crippen molar-refractivity contribution < 1.29 is 0 Å². The van der Waals surface area contributed by atoms with E-state index in [1.807, 2.05) is 24.7 Å². The number of hydrogen-bond donors (Lipinski definition) is 0. The van der Waals surface area contributed by atoms with E-state index in [9.17, 15) is 0 Å². The Morgan fingerprint density at radius 2 is 2.18 bits per heavy atom. The van der Waals surface area contributed by atoms with Crippen molar-refractivity contribution in [1.29, 1.82) is 0 Å². The highest BCUT2D eigenvalue weighted by molar-refractivity contribution is 6.20. The highest BCUT2D eigenvalue weighted by atomic mass is 35.5. The molecular weight excluding hydrogens is 160 g/mol. The molecule has 11 heavy (non-hydrogen) atoms. The summed E-state index contributed by atoms with van der Waals surface area (Å²) in [5.74, 6) is 1.36. The number of alkyl halides is 1. The second-order valence-corrected chi connectivity index (χ2v) is 3.55. The van der Waals surface area contributed by atoms with Gasteiger partial charge in [-0.25, -0.2) is 4.98 Å². The molecule has 62 valence electrons. The Hall–Kier alpha value is -0.500. The van der Waals surface area contributed by atoms with Crippen molar-refractivity contribution in [3.8, 4) is 0 Å². The number of hydrogen-bond acceptors (Lipinski definition) is 1. The van der Waals surface area contributed by atoms with Gasteiger partial charge in [0.1, 0.15) is 5.82 Å².